The van der Waals surface area contributed by atoms with Crippen LogP contribution in [0.2, 0.25) is 0 Å². The van der Waals surface area contributed by atoms with Crippen LogP contribution in [0.25, 0.3) is 11.4 Å². The molecule has 0 unspecified atom stereocenters. The number of nitrogens with one attached hydrogen (secondary N) is 1. The maximum absolute atomic E-state index is 12.0. The van der Waals surface area contributed by atoms with Crippen molar-refractivity contribution in [1.29, 1.82) is 0 Å². The Morgan fingerprint density at radius 1 is 1.25 bits per heavy atom. The molecule has 0 aromatic carbocycles. The third kappa shape index (κ3) is 2.60. The number of aryl methyl sites for hydroxylation is 1. The van der Waals surface area contributed by atoms with Gasteiger partial charge in [-0.2, -0.15) is 0 Å². The largest absolute Gasteiger partial charge is 0.338 e. The number of thiophene rings is 1. The van der Waals surface area contributed by atoms with E-state index in [2.05, 4.69) is 15.5 Å². The van der Waals surface area contributed by atoms with Crippen molar-refractivity contribution in [3.05, 3.63) is 52.3 Å². The van der Waals surface area contributed by atoms with Gasteiger partial charge in [0.2, 0.25) is 5.88 Å². The standard InChI is InChI=1S/C14H11N3O2S/c1-9-5-6-12(20-9)14(18)16-13-8-11(17-19-13)10-4-2-3-7-15-10/h2-8H,1H3,(H,16,18). The molecule has 3 aromatic rings. The fraction of sp³-hybridized carbons (Fsp3) is 0.0714. The molecule has 1 amide bonds. The first-order valence-electron chi connectivity index (χ1n) is 5.98. The van der Waals surface area contributed by atoms with Crippen molar-refractivity contribution in [2.24, 2.45) is 0 Å². The first-order chi connectivity index (χ1) is 9.72. The Hall–Kier alpha value is -2.47. The van der Waals surface area contributed by atoms with Crippen molar-refractivity contribution in [2.75, 3.05) is 5.32 Å². The van der Waals surface area contributed by atoms with Gasteiger partial charge in [0, 0.05) is 17.1 Å². The van der Waals surface area contributed by atoms with Crippen LogP contribution in [0.3, 0.4) is 0 Å². The first-order valence-corrected chi connectivity index (χ1v) is 6.80. The molecular formula is C14H11N3O2S. The summed E-state index contributed by atoms with van der Waals surface area (Å²) >= 11 is 1.43. The molecule has 0 atom stereocenters. The highest BCUT2D eigenvalue weighted by Crippen LogP contribution is 2.21. The van der Waals surface area contributed by atoms with Crippen LogP contribution in [-0.2, 0) is 0 Å². The van der Waals surface area contributed by atoms with E-state index in [1.54, 1.807) is 18.3 Å². The predicted octanol–water partition coefficient (Wildman–Crippen LogP) is 3.36. The number of hydrogen-bond acceptors (Lipinski definition) is 5. The van der Waals surface area contributed by atoms with Crippen LogP contribution in [0.1, 0.15) is 14.5 Å². The van der Waals surface area contributed by atoms with E-state index in [-0.39, 0.29) is 5.91 Å². The van der Waals surface area contributed by atoms with Crippen molar-refractivity contribution >= 4 is 23.1 Å². The minimum absolute atomic E-state index is 0.202. The van der Waals surface area contributed by atoms with Crippen molar-refractivity contribution in [3.63, 3.8) is 0 Å². The van der Waals surface area contributed by atoms with Gasteiger partial charge in [-0.05, 0) is 31.2 Å². The summed E-state index contributed by atoms with van der Waals surface area (Å²) < 4.78 is 5.10. The van der Waals surface area contributed by atoms with Crippen LogP contribution in [0.4, 0.5) is 5.88 Å². The summed E-state index contributed by atoms with van der Waals surface area (Å²) in [4.78, 5) is 17.9. The van der Waals surface area contributed by atoms with Gasteiger partial charge in [-0.1, -0.05) is 11.2 Å². The normalized spacial score (nSPS) is 10.4. The van der Waals surface area contributed by atoms with Crippen LogP contribution in [0, 0.1) is 6.92 Å². The SMILES string of the molecule is Cc1ccc(C(=O)Nc2cc(-c3ccccn3)no2)s1. The Morgan fingerprint density at radius 2 is 2.15 bits per heavy atom. The van der Waals surface area contributed by atoms with Gasteiger partial charge >= 0.3 is 0 Å². The van der Waals surface area contributed by atoms with Crippen LogP contribution in [0.15, 0.2) is 47.1 Å². The Labute approximate surface area is 119 Å². The number of nitrogens with zero attached hydrogens (tertiary/aromatic N) is 2. The number of carbonyl (C=O) groups is 1. The molecular weight excluding hydrogens is 274 g/mol. The zero-order valence-electron chi connectivity index (χ0n) is 10.7. The summed E-state index contributed by atoms with van der Waals surface area (Å²) in [6.45, 7) is 1.95. The summed E-state index contributed by atoms with van der Waals surface area (Å²) in [6.07, 6.45) is 1.68. The fourth-order valence-electron chi connectivity index (χ4n) is 1.70. The van der Waals surface area contributed by atoms with Crippen molar-refractivity contribution < 1.29 is 9.32 Å². The Kier molecular flexibility index (Phi) is 3.30. The molecule has 0 radical (unpaired) electrons. The molecule has 0 bridgehead atoms. The van der Waals surface area contributed by atoms with Crippen molar-refractivity contribution in [1.82, 2.24) is 10.1 Å². The summed E-state index contributed by atoms with van der Waals surface area (Å²) in [6, 6.07) is 10.9. The summed E-state index contributed by atoms with van der Waals surface area (Å²) in [5.74, 6) is 0.105. The summed E-state index contributed by atoms with van der Waals surface area (Å²) in [7, 11) is 0. The van der Waals surface area contributed by atoms with Crippen LogP contribution in [0.5, 0.6) is 0 Å². The lowest BCUT2D eigenvalue weighted by atomic mass is 10.3. The maximum atomic E-state index is 12.0. The van der Waals surface area contributed by atoms with E-state index in [0.29, 0.717) is 22.1 Å². The molecule has 100 valence electrons. The third-order valence-electron chi connectivity index (χ3n) is 2.64. The number of carbonyl (C=O) groups excluding carboxylic acids is 1. The smallest absolute Gasteiger partial charge is 0.268 e. The molecule has 0 saturated carbocycles. The predicted molar refractivity (Wildman–Crippen MR) is 76.7 cm³/mol. The fourth-order valence-corrected chi connectivity index (χ4v) is 2.46. The van der Waals surface area contributed by atoms with Gasteiger partial charge in [0.05, 0.1) is 10.6 Å². The molecule has 20 heavy (non-hydrogen) atoms. The van der Waals surface area contributed by atoms with E-state index in [4.69, 9.17) is 4.52 Å². The Bertz CT molecular complexity index is 734. The number of anilines is 1. The number of amides is 1. The highest BCUT2D eigenvalue weighted by molar-refractivity contribution is 7.14. The molecule has 0 aliphatic rings. The zero-order valence-corrected chi connectivity index (χ0v) is 11.5. The van der Waals surface area contributed by atoms with Crippen LogP contribution in [-0.4, -0.2) is 16.0 Å². The van der Waals surface area contributed by atoms with Gasteiger partial charge in [-0.3, -0.25) is 15.1 Å². The number of aromatic nitrogens is 2. The second-order valence-corrected chi connectivity index (χ2v) is 5.44. The number of hydrogen-bond donors (Lipinski definition) is 1. The van der Waals surface area contributed by atoms with E-state index in [1.165, 1.54) is 11.3 Å². The molecule has 3 aromatic heterocycles. The minimum atomic E-state index is -0.202. The van der Waals surface area contributed by atoms with Gasteiger partial charge < -0.3 is 4.52 Å². The lowest BCUT2D eigenvalue weighted by Crippen LogP contribution is -2.09. The average Bonchev–Trinajstić information content (AvgIpc) is 3.09. The molecule has 6 heteroatoms. The molecule has 0 spiro atoms. The molecule has 0 fully saturated rings. The van der Waals surface area contributed by atoms with E-state index in [9.17, 15) is 4.79 Å². The van der Waals surface area contributed by atoms with Gasteiger partial charge in [0.15, 0.2) is 0 Å². The average molecular weight is 285 g/mol. The third-order valence-corrected chi connectivity index (χ3v) is 3.64. The Morgan fingerprint density at radius 3 is 2.85 bits per heavy atom. The lowest BCUT2D eigenvalue weighted by molar-refractivity contribution is 0.102. The summed E-state index contributed by atoms with van der Waals surface area (Å²) in [5.41, 5.74) is 1.28. The minimum Gasteiger partial charge on any atom is -0.338 e. The quantitative estimate of drug-likeness (QED) is 0.801. The molecule has 1 N–H and O–H groups in total. The Balaban J connectivity index is 1.76. The molecule has 0 aliphatic heterocycles. The highest BCUT2D eigenvalue weighted by Gasteiger charge is 2.12. The summed E-state index contributed by atoms with van der Waals surface area (Å²) in [5, 5.41) is 6.57. The zero-order chi connectivity index (χ0) is 13.9. The first kappa shape index (κ1) is 12.6. The monoisotopic (exact) mass is 285 g/mol. The van der Waals surface area contributed by atoms with Gasteiger partial charge in [-0.25, -0.2) is 0 Å². The lowest BCUT2D eigenvalue weighted by Gasteiger charge is -1.96. The molecule has 0 saturated heterocycles. The van der Waals surface area contributed by atoms with Gasteiger partial charge in [-0.15, -0.1) is 11.3 Å². The van der Waals surface area contributed by atoms with Crippen molar-refractivity contribution in [2.45, 2.75) is 6.92 Å². The van der Waals surface area contributed by atoms with Crippen molar-refractivity contribution in [3.8, 4) is 11.4 Å². The van der Waals surface area contributed by atoms with Gasteiger partial charge in [0.25, 0.3) is 5.91 Å². The van der Waals surface area contributed by atoms with E-state index in [1.807, 2.05) is 31.2 Å². The maximum Gasteiger partial charge on any atom is 0.268 e. The topological polar surface area (TPSA) is 68.0 Å². The van der Waals surface area contributed by atoms with Gasteiger partial charge in [0.1, 0.15) is 5.69 Å². The van der Waals surface area contributed by atoms with E-state index >= 15 is 0 Å². The molecule has 0 aliphatic carbocycles. The number of pyridine rings is 1. The van der Waals surface area contributed by atoms with E-state index in [0.717, 1.165) is 4.88 Å². The van der Waals surface area contributed by atoms with Crippen LogP contribution >= 0.6 is 11.3 Å². The number of rotatable bonds is 3. The van der Waals surface area contributed by atoms with E-state index < -0.39 is 0 Å². The molecule has 5 nitrogen and oxygen atoms in total. The van der Waals surface area contributed by atoms with Crippen LogP contribution < -0.4 is 5.32 Å². The second-order valence-electron chi connectivity index (χ2n) is 4.16. The molecule has 3 rings (SSSR count). The molecule has 3 heterocycles. The highest BCUT2D eigenvalue weighted by atomic mass is 32.1. The second kappa shape index (κ2) is 5.26.